The Bertz CT molecular complexity index is 1490. The third-order valence-electron chi connectivity index (χ3n) is 6.47. The van der Waals surface area contributed by atoms with Gasteiger partial charge in [0.1, 0.15) is 10.5 Å². The van der Waals surface area contributed by atoms with E-state index in [1.165, 1.54) is 46.8 Å². The van der Waals surface area contributed by atoms with Crippen LogP contribution in [0, 0.1) is 5.82 Å². The van der Waals surface area contributed by atoms with Gasteiger partial charge in [-0.25, -0.2) is 9.18 Å². The Morgan fingerprint density at radius 2 is 1.71 bits per heavy atom. The molecule has 0 spiro atoms. The van der Waals surface area contributed by atoms with Gasteiger partial charge in [0.05, 0.1) is 26.3 Å². The lowest BCUT2D eigenvalue weighted by Gasteiger charge is -2.25. The predicted octanol–water partition coefficient (Wildman–Crippen LogP) is 4.02. The molecule has 0 amide bonds. The lowest BCUT2D eigenvalue weighted by molar-refractivity contribution is 0.345. The van der Waals surface area contributed by atoms with Crippen LogP contribution in [0.25, 0.3) is 20.7 Å². The van der Waals surface area contributed by atoms with Gasteiger partial charge in [-0.3, -0.25) is 13.9 Å². The van der Waals surface area contributed by atoms with Gasteiger partial charge in [-0.05, 0) is 43.6 Å². The fourth-order valence-corrected chi connectivity index (χ4v) is 5.74. The lowest BCUT2D eigenvalue weighted by Crippen LogP contribution is -2.45. The third-order valence-corrected chi connectivity index (χ3v) is 7.63. The van der Waals surface area contributed by atoms with E-state index >= 15 is 4.39 Å². The quantitative estimate of drug-likeness (QED) is 0.437. The van der Waals surface area contributed by atoms with Crippen LogP contribution in [0.1, 0.15) is 24.4 Å². The first-order valence-corrected chi connectivity index (χ1v) is 12.3. The number of rotatable bonds is 6. The van der Waals surface area contributed by atoms with Crippen molar-refractivity contribution in [1.29, 1.82) is 0 Å². The Morgan fingerprint density at radius 3 is 2.40 bits per heavy atom. The fourth-order valence-electron chi connectivity index (χ4n) is 4.64. The van der Waals surface area contributed by atoms with Crippen LogP contribution >= 0.6 is 11.3 Å². The monoisotopic (exact) mass is 495 g/mol. The van der Waals surface area contributed by atoms with E-state index < -0.39 is 11.5 Å². The molecule has 0 radical (unpaired) electrons. The molecule has 1 fully saturated rings. The summed E-state index contributed by atoms with van der Waals surface area (Å²) in [5, 5.41) is 3.27. The highest BCUT2D eigenvalue weighted by atomic mass is 32.1. The standard InChI is InChI=1S/C26H26FN3O4S/c1-33-21-12-17(19(27)13-22(21)34-2)15-29-20-14-23(16-6-4-3-5-7-16)35-24(20)25(31)30(26(29)32)18-8-10-28-11-9-18/h3-7,12-14,18,28H,8-11,15H2,1-2H3. The second-order valence-electron chi connectivity index (χ2n) is 8.51. The van der Waals surface area contributed by atoms with Gasteiger partial charge in [0, 0.05) is 22.5 Å². The van der Waals surface area contributed by atoms with E-state index in [1.54, 1.807) is 0 Å². The molecule has 1 saturated heterocycles. The van der Waals surface area contributed by atoms with E-state index in [0.717, 1.165) is 23.5 Å². The molecule has 7 nitrogen and oxygen atoms in total. The second-order valence-corrected chi connectivity index (χ2v) is 9.57. The lowest BCUT2D eigenvalue weighted by atomic mass is 10.1. The molecule has 0 aliphatic carbocycles. The number of ether oxygens (including phenoxy) is 2. The van der Waals surface area contributed by atoms with Gasteiger partial charge in [0.15, 0.2) is 11.5 Å². The van der Waals surface area contributed by atoms with Crippen molar-refractivity contribution < 1.29 is 13.9 Å². The molecule has 9 heteroatoms. The second kappa shape index (κ2) is 9.67. The van der Waals surface area contributed by atoms with Gasteiger partial charge in [-0.2, -0.15) is 0 Å². The summed E-state index contributed by atoms with van der Waals surface area (Å²) in [6.07, 6.45) is 1.37. The number of aromatic nitrogens is 2. The summed E-state index contributed by atoms with van der Waals surface area (Å²) in [6.45, 7) is 1.43. The smallest absolute Gasteiger partial charge is 0.332 e. The molecule has 0 unspecified atom stereocenters. The molecule has 4 aromatic rings. The number of hydrogen-bond donors (Lipinski definition) is 1. The molecule has 1 N–H and O–H groups in total. The molecule has 0 saturated carbocycles. The number of fused-ring (bicyclic) bond motifs is 1. The molecule has 3 heterocycles. The van der Waals surface area contributed by atoms with Crippen molar-refractivity contribution in [3.63, 3.8) is 0 Å². The Kier molecular flexibility index (Phi) is 6.44. The van der Waals surface area contributed by atoms with Crippen LogP contribution in [-0.4, -0.2) is 36.4 Å². The van der Waals surface area contributed by atoms with Crippen LogP contribution in [-0.2, 0) is 6.54 Å². The van der Waals surface area contributed by atoms with Crippen LogP contribution in [0.15, 0.2) is 58.1 Å². The summed E-state index contributed by atoms with van der Waals surface area (Å²) in [7, 11) is 2.92. The van der Waals surface area contributed by atoms with Crippen LogP contribution in [0.3, 0.4) is 0 Å². The van der Waals surface area contributed by atoms with E-state index in [-0.39, 0.29) is 29.5 Å². The Hall–Kier alpha value is -3.43. The van der Waals surface area contributed by atoms with E-state index in [0.29, 0.717) is 28.8 Å². The number of halogens is 1. The number of nitrogens with one attached hydrogen (secondary N) is 1. The van der Waals surface area contributed by atoms with Gasteiger partial charge < -0.3 is 14.8 Å². The number of benzene rings is 2. The van der Waals surface area contributed by atoms with Crippen LogP contribution < -0.4 is 26.0 Å². The van der Waals surface area contributed by atoms with Crippen LogP contribution in [0.5, 0.6) is 11.5 Å². The van der Waals surface area contributed by atoms with Crippen LogP contribution in [0.4, 0.5) is 4.39 Å². The van der Waals surface area contributed by atoms with Crippen molar-refractivity contribution in [1.82, 2.24) is 14.5 Å². The number of nitrogens with zero attached hydrogens (tertiary/aromatic N) is 2. The van der Waals surface area contributed by atoms with Crippen molar-refractivity contribution in [2.24, 2.45) is 0 Å². The first-order chi connectivity index (χ1) is 17.0. The maximum absolute atomic E-state index is 15.1. The molecule has 0 atom stereocenters. The predicted molar refractivity (Wildman–Crippen MR) is 136 cm³/mol. The SMILES string of the molecule is COc1cc(F)c(Cn2c(=O)n(C3CCNCC3)c(=O)c3sc(-c4ccccc4)cc32)cc1OC. The number of hydrogen-bond acceptors (Lipinski definition) is 6. The van der Waals surface area contributed by atoms with Gasteiger partial charge >= 0.3 is 5.69 Å². The fraction of sp³-hybridized carbons (Fsp3) is 0.308. The van der Waals surface area contributed by atoms with Gasteiger partial charge in [-0.15, -0.1) is 11.3 Å². The summed E-state index contributed by atoms with van der Waals surface area (Å²) in [4.78, 5) is 28.2. The first-order valence-electron chi connectivity index (χ1n) is 11.5. The van der Waals surface area contributed by atoms with Crippen molar-refractivity contribution in [3.8, 4) is 21.9 Å². The number of methoxy groups -OCH3 is 2. The summed E-state index contributed by atoms with van der Waals surface area (Å²) in [5.74, 6) is 0.129. The van der Waals surface area contributed by atoms with E-state index in [1.807, 2.05) is 36.4 Å². The van der Waals surface area contributed by atoms with E-state index in [2.05, 4.69) is 5.32 Å². The molecule has 1 aliphatic heterocycles. The highest BCUT2D eigenvalue weighted by Crippen LogP contribution is 2.33. The number of piperidine rings is 1. The minimum absolute atomic E-state index is 0.0439. The third kappa shape index (κ3) is 4.26. The topological polar surface area (TPSA) is 74.5 Å². The minimum Gasteiger partial charge on any atom is -0.493 e. The maximum atomic E-state index is 15.1. The molecule has 0 bridgehead atoms. The number of thiophene rings is 1. The summed E-state index contributed by atoms with van der Waals surface area (Å²) in [5.41, 5.74) is 1.02. The molecule has 182 valence electrons. The Labute approximate surface area is 205 Å². The molecule has 5 rings (SSSR count). The maximum Gasteiger partial charge on any atom is 0.332 e. The van der Waals surface area contributed by atoms with Gasteiger partial charge in [-0.1, -0.05) is 30.3 Å². The van der Waals surface area contributed by atoms with E-state index in [9.17, 15) is 9.59 Å². The molecule has 2 aromatic carbocycles. The Balaban J connectivity index is 1.73. The zero-order valence-corrected chi connectivity index (χ0v) is 20.4. The first kappa shape index (κ1) is 23.3. The Morgan fingerprint density at radius 1 is 1.03 bits per heavy atom. The molecular weight excluding hydrogens is 469 g/mol. The molecule has 2 aromatic heterocycles. The summed E-state index contributed by atoms with van der Waals surface area (Å²) < 4.78 is 29.0. The molecule has 35 heavy (non-hydrogen) atoms. The van der Waals surface area contributed by atoms with E-state index in [4.69, 9.17) is 9.47 Å². The van der Waals surface area contributed by atoms with Gasteiger partial charge in [0.25, 0.3) is 5.56 Å². The van der Waals surface area contributed by atoms with Crippen molar-refractivity contribution in [2.75, 3.05) is 27.3 Å². The summed E-state index contributed by atoms with van der Waals surface area (Å²) in [6, 6.07) is 14.2. The molecule has 1 aliphatic rings. The normalized spacial score (nSPS) is 14.4. The zero-order chi connectivity index (χ0) is 24.5. The molecular formula is C26H26FN3O4S. The highest BCUT2D eigenvalue weighted by Gasteiger charge is 2.24. The highest BCUT2D eigenvalue weighted by molar-refractivity contribution is 7.22. The van der Waals surface area contributed by atoms with Crippen LogP contribution in [0.2, 0.25) is 0 Å². The summed E-state index contributed by atoms with van der Waals surface area (Å²) >= 11 is 1.36. The largest absolute Gasteiger partial charge is 0.493 e. The van der Waals surface area contributed by atoms with Gasteiger partial charge in [0.2, 0.25) is 0 Å². The zero-order valence-electron chi connectivity index (χ0n) is 19.5. The van der Waals surface area contributed by atoms with Crippen molar-refractivity contribution in [2.45, 2.75) is 25.4 Å². The average molecular weight is 496 g/mol. The van der Waals surface area contributed by atoms with Crippen molar-refractivity contribution >= 4 is 21.6 Å². The minimum atomic E-state index is -0.513. The average Bonchev–Trinajstić information content (AvgIpc) is 3.34. The van der Waals surface area contributed by atoms with Crippen molar-refractivity contribution in [3.05, 3.63) is 80.7 Å².